The summed E-state index contributed by atoms with van der Waals surface area (Å²) in [6, 6.07) is 15.8. The first-order valence-electron chi connectivity index (χ1n) is 9.95. The quantitative estimate of drug-likeness (QED) is 0.506. The lowest BCUT2D eigenvalue weighted by Gasteiger charge is -2.36. The summed E-state index contributed by atoms with van der Waals surface area (Å²) in [6.07, 6.45) is 0. The van der Waals surface area contributed by atoms with Crippen molar-refractivity contribution in [2.75, 3.05) is 37.6 Å². The zero-order chi connectivity index (χ0) is 21.3. The summed E-state index contributed by atoms with van der Waals surface area (Å²) < 4.78 is 1.85. The molecule has 0 amide bonds. The Labute approximate surface area is 181 Å². The maximum absolute atomic E-state index is 10.8. The number of piperazine rings is 1. The third-order valence-corrected chi connectivity index (χ3v) is 5.90. The van der Waals surface area contributed by atoms with Gasteiger partial charge in [0, 0.05) is 43.9 Å². The predicted octanol–water partition coefficient (Wildman–Crippen LogP) is 4.15. The summed E-state index contributed by atoms with van der Waals surface area (Å²) in [5.74, 6) is 0.549. The number of imidazole rings is 1. The van der Waals surface area contributed by atoms with Gasteiger partial charge in [0.15, 0.2) is 5.82 Å². The van der Waals surface area contributed by atoms with Crippen molar-refractivity contribution >= 4 is 33.9 Å². The smallest absolute Gasteiger partial charge is 0.155 e. The number of anilines is 1. The number of aliphatic hydroxyl groups is 1. The van der Waals surface area contributed by atoms with E-state index in [1.807, 2.05) is 54.1 Å². The van der Waals surface area contributed by atoms with Crippen molar-refractivity contribution < 1.29 is 5.11 Å². The van der Waals surface area contributed by atoms with Crippen LogP contribution in [0.4, 0.5) is 5.69 Å². The first-order chi connectivity index (χ1) is 14.5. The van der Waals surface area contributed by atoms with Gasteiger partial charge in [-0.05, 0) is 36.8 Å². The molecule has 1 saturated heterocycles. The fourth-order valence-corrected chi connectivity index (χ4v) is 4.14. The maximum Gasteiger partial charge on any atom is 0.155 e. The van der Waals surface area contributed by atoms with Crippen LogP contribution in [0.5, 0.6) is 0 Å². The number of aromatic nitrogens is 2. The summed E-state index contributed by atoms with van der Waals surface area (Å²) in [6.45, 7) is 5.66. The standard InChI is InChI=1S/C23H24ClN5O/c1-16-7-8-17(24)13-21(16)29-11-9-28(10-12-29)15-22(30)18(14-25)23-26-19-5-3-4-6-20(19)27(23)2/h3-8,13,30H,9-12,15H2,1-2H3/b22-18-. The topological polar surface area (TPSA) is 68.3 Å². The minimum atomic E-state index is 0.0586. The van der Waals surface area contributed by atoms with E-state index < -0.39 is 0 Å². The Morgan fingerprint density at radius 2 is 1.90 bits per heavy atom. The average Bonchev–Trinajstić information content (AvgIpc) is 3.08. The molecule has 0 radical (unpaired) electrons. The zero-order valence-electron chi connectivity index (χ0n) is 17.1. The second-order valence-electron chi connectivity index (χ2n) is 7.61. The van der Waals surface area contributed by atoms with Crippen molar-refractivity contribution in [3.8, 4) is 6.07 Å². The van der Waals surface area contributed by atoms with E-state index in [1.165, 1.54) is 5.56 Å². The number of rotatable bonds is 4. The van der Waals surface area contributed by atoms with E-state index in [0.717, 1.165) is 47.9 Å². The average molecular weight is 422 g/mol. The van der Waals surface area contributed by atoms with E-state index in [9.17, 15) is 10.4 Å². The van der Waals surface area contributed by atoms with Gasteiger partial charge in [-0.1, -0.05) is 29.8 Å². The molecule has 0 saturated carbocycles. The molecule has 2 heterocycles. The highest BCUT2D eigenvalue weighted by molar-refractivity contribution is 6.30. The first-order valence-corrected chi connectivity index (χ1v) is 10.3. The van der Waals surface area contributed by atoms with Crippen molar-refractivity contribution in [2.45, 2.75) is 6.92 Å². The van der Waals surface area contributed by atoms with Crippen LogP contribution in [0.15, 0.2) is 48.2 Å². The molecule has 2 aromatic carbocycles. The molecule has 7 heteroatoms. The summed E-state index contributed by atoms with van der Waals surface area (Å²) >= 11 is 6.17. The van der Waals surface area contributed by atoms with Gasteiger partial charge in [-0.2, -0.15) is 5.26 Å². The van der Waals surface area contributed by atoms with E-state index in [-0.39, 0.29) is 11.3 Å². The summed E-state index contributed by atoms with van der Waals surface area (Å²) in [5.41, 5.74) is 4.31. The lowest BCUT2D eigenvalue weighted by atomic mass is 10.1. The predicted molar refractivity (Wildman–Crippen MR) is 121 cm³/mol. The number of aryl methyl sites for hydroxylation is 2. The molecule has 1 N–H and O–H groups in total. The van der Waals surface area contributed by atoms with Crippen LogP contribution in [0, 0.1) is 18.3 Å². The second kappa shape index (κ2) is 8.39. The van der Waals surface area contributed by atoms with Crippen LogP contribution in [0.1, 0.15) is 11.4 Å². The summed E-state index contributed by atoms with van der Waals surface area (Å²) in [4.78, 5) is 9.02. The number of hydrogen-bond donors (Lipinski definition) is 1. The zero-order valence-corrected chi connectivity index (χ0v) is 17.9. The monoisotopic (exact) mass is 421 g/mol. The molecule has 0 aliphatic carbocycles. The molecule has 154 valence electrons. The largest absolute Gasteiger partial charge is 0.509 e. The molecular weight excluding hydrogens is 398 g/mol. The van der Waals surface area contributed by atoms with Crippen LogP contribution >= 0.6 is 11.6 Å². The molecule has 0 spiro atoms. The van der Waals surface area contributed by atoms with Crippen LogP contribution in [0.3, 0.4) is 0 Å². The number of hydrogen-bond acceptors (Lipinski definition) is 5. The normalized spacial score (nSPS) is 15.9. The van der Waals surface area contributed by atoms with Gasteiger partial charge in [0.1, 0.15) is 17.4 Å². The molecule has 0 atom stereocenters. The molecule has 30 heavy (non-hydrogen) atoms. The van der Waals surface area contributed by atoms with Crippen LogP contribution in [-0.2, 0) is 7.05 Å². The van der Waals surface area contributed by atoms with Gasteiger partial charge in [-0.15, -0.1) is 0 Å². The number of fused-ring (bicyclic) bond motifs is 1. The van der Waals surface area contributed by atoms with Gasteiger partial charge in [-0.25, -0.2) is 4.98 Å². The van der Waals surface area contributed by atoms with Crippen LogP contribution in [-0.4, -0.2) is 52.3 Å². The molecule has 1 aliphatic rings. The molecule has 4 rings (SSSR count). The molecule has 1 aliphatic heterocycles. The van der Waals surface area contributed by atoms with Gasteiger partial charge in [0.25, 0.3) is 0 Å². The molecule has 1 fully saturated rings. The number of nitrogens with zero attached hydrogens (tertiary/aromatic N) is 5. The lowest BCUT2D eigenvalue weighted by molar-refractivity contribution is 0.239. The van der Waals surface area contributed by atoms with Crippen LogP contribution in [0.2, 0.25) is 5.02 Å². The van der Waals surface area contributed by atoms with E-state index in [4.69, 9.17) is 11.6 Å². The van der Waals surface area contributed by atoms with E-state index in [0.29, 0.717) is 12.4 Å². The number of allylic oxidation sites excluding steroid dienone is 1. The number of nitriles is 1. The van der Waals surface area contributed by atoms with E-state index in [1.54, 1.807) is 0 Å². The van der Waals surface area contributed by atoms with Gasteiger partial charge in [0.2, 0.25) is 0 Å². The van der Waals surface area contributed by atoms with Crippen molar-refractivity contribution in [3.05, 3.63) is 64.6 Å². The van der Waals surface area contributed by atoms with Gasteiger partial charge >= 0.3 is 0 Å². The fourth-order valence-electron chi connectivity index (χ4n) is 3.97. The molecule has 1 aromatic heterocycles. The van der Waals surface area contributed by atoms with E-state index in [2.05, 4.69) is 27.8 Å². The Morgan fingerprint density at radius 3 is 2.60 bits per heavy atom. The summed E-state index contributed by atoms with van der Waals surface area (Å²) in [7, 11) is 1.86. The highest BCUT2D eigenvalue weighted by Gasteiger charge is 2.22. The highest BCUT2D eigenvalue weighted by atomic mass is 35.5. The van der Waals surface area contributed by atoms with Crippen molar-refractivity contribution in [2.24, 2.45) is 7.05 Å². The number of halogens is 1. The molecular formula is C23H24ClN5O. The first kappa shape index (κ1) is 20.3. The molecule has 0 unspecified atom stereocenters. The van der Waals surface area contributed by atoms with Crippen molar-refractivity contribution in [1.29, 1.82) is 5.26 Å². The van der Waals surface area contributed by atoms with Gasteiger partial charge in [-0.3, -0.25) is 4.90 Å². The van der Waals surface area contributed by atoms with Gasteiger partial charge in [0.05, 0.1) is 17.6 Å². The molecule has 0 bridgehead atoms. The van der Waals surface area contributed by atoms with Crippen molar-refractivity contribution in [1.82, 2.24) is 14.5 Å². The summed E-state index contributed by atoms with van der Waals surface area (Å²) in [5, 5.41) is 21.2. The Hall–Kier alpha value is -3.01. The molecule has 6 nitrogen and oxygen atoms in total. The Kier molecular flexibility index (Phi) is 5.67. The van der Waals surface area contributed by atoms with Gasteiger partial charge < -0.3 is 14.6 Å². The number of benzene rings is 2. The Balaban J connectivity index is 1.50. The molecule has 3 aromatic rings. The number of aliphatic hydroxyl groups excluding tert-OH is 1. The Morgan fingerprint density at radius 1 is 1.17 bits per heavy atom. The lowest BCUT2D eigenvalue weighted by Crippen LogP contribution is -2.47. The van der Waals surface area contributed by atoms with E-state index >= 15 is 0 Å². The minimum Gasteiger partial charge on any atom is -0.509 e. The number of para-hydroxylation sites is 2. The van der Waals surface area contributed by atoms with Crippen molar-refractivity contribution in [3.63, 3.8) is 0 Å². The van der Waals surface area contributed by atoms with Crippen LogP contribution < -0.4 is 4.90 Å². The minimum absolute atomic E-state index is 0.0586. The maximum atomic E-state index is 10.8. The highest BCUT2D eigenvalue weighted by Crippen LogP contribution is 2.26. The fraction of sp³-hybridized carbons (Fsp3) is 0.304. The Bertz CT molecular complexity index is 1150. The second-order valence-corrected chi connectivity index (χ2v) is 8.05. The third kappa shape index (κ3) is 3.87. The SMILES string of the molecule is Cc1ccc(Cl)cc1N1CCN(C/C(O)=C(\C#N)c2nc3ccccc3n2C)CC1. The van der Waals surface area contributed by atoms with Crippen LogP contribution in [0.25, 0.3) is 16.6 Å². The third-order valence-electron chi connectivity index (χ3n) is 5.67.